The van der Waals surface area contributed by atoms with Crippen LogP contribution in [0.2, 0.25) is 0 Å². The fourth-order valence-corrected chi connectivity index (χ4v) is 4.05. The average molecular weight is 447 g/mol. The van der Waals surface area contributed by atoms with Crippen LogP contribution in [0, 0.1) is 0 Å². The van der Waals surface area contributed by atoms with Crippen molar-refractivity contribution in [2.45, 2.75) is 6.42 Å². The molecule has 1 N–H and O–H groups in total. The largest absolute Gasteiger partial charge is 0.354 e. The smallest absolute Gasteiger partial charge is 0.240 e. The number of carbonyl (C=O) groups excluding carboxylic acids is 1. The van der Waals surface area contributed by atoms with Gasteiger partial charge in [0.15, 0.2) is 0 Å². The van der Waals surface area contributed by atoms with Gasteiger partial charge in [0.2, 0.25) is 15.9 Å². The molecular formula is C17H27BrN4O3S. The summed E-state index contributed by atoms with van der Waals surface area (Å²) in [7, 11) is -1.42. The first-order valence-corrected chi connectivity index (χ1v) is 11.3. The van der Waals surface area contributed by atoms with Crippen molar-refractivity contribution in [2.24, 2.45) is 0 Å². The summed E-state index contributed by atoms with van der Waals surface area (Å²) >= 11 is 3.33. The number of hydrogen-bond acceptors (Lipinski definition) is 5. The van der Waals surface area contributed by atoms with Crippen molar-refractivity contribution in [1.82, 2.24) is 15.1 Å². The third kappa shape index (κ3) is 6.86. The first kappa shape index (κ1) is 21.1. The van der Waals surface area contributed by atoms with Gasteiger partial charge in [-0.1, -0.05) is 22.0 Å². The lowest BCUT2D eigenvalue weighted by molar-refractivity contribution is -0.119. The summed E-state index contributed by atoms with van der Waals surface area (Å²) < 4.78 is 26.0. The number of likely N-dealkylation sites (N-methyl/N-ethyl adjacent to an activating group) is 1. The summed E-state index contributed by atoms with van der Waals surface area (Å²) in [5.41, 5.74) is 0.467. The van der Waals surface area contributed by atoms with Crippen molar-refractivity contribution >= 4 is 37.5 Å². The number of piperazine rings is 1. The minimum atomic E-state index is -3.54. The number of rotatable bonds is 8. The quantitative estimate of drug-likeness (QED) is 0.602. The molecule has 0 radical (unpaired) electrons. The van der Waals surface area contributed by atoms with E-state index in [1.54, 1.807) is 18.2 Å². The topological polar surface area (TPSA) is 73.0 Å². The molecule has 1 fully saturated rings. The van der Waals surface area contributed by atoms with E-state index in [1.165, 1.54) is 0 Å². The van der Waals surface area contributed by atoms with Gasteiger partial charge in [-0.3, -0.25) is 9.10 Å². The van der Waals surface area contributed by atoms with Crippen LogP contribution in [0.1, 0.15) is 6.42 Å². The number of amides is 1. The highest BCUT2D eigenvalue weighted by atomic mass is 79.9. The summed E-state index contributed by atoms with van der Waals surface area (Å²) in [6.07, 6.45) is 1.96. The van der Waals surface area contributed by atoms with E-state index in [4.69, 9.17) is 0 Å². The predicted octanol–water partition coefficient (Wildman–Crippen LogP) is 0.969. The van der Waals surface area contributed by atoms with Crippen LogP contribution in [0.5, 0.6) is 0 Å². The SMILES string of the molecule is CN1CCN(CCCNC(=O)CN(c2cccc(Br)c2)S(C)(=O)=O)CC1. The van der Waals surface area contributed by atoms with Gasteiger partial charge < -0.3 is 15.1 Å². The molecule has 26 heavy (non-hydrogen) atoms. The maximum atomic E-state index is 12.2. The number of halogens is 1. The molecule has 0 bridgehead atoms. The molecule has 1 aromatic rings. The maximum absolute atomic E-state index is 12.2. The van der Waals surface area contributed by atoms with E-state index in [-0.39, 0.29) is 12.5 Å². The molecule has 1 saturated heterocycles. The monoisotopic (exact) mass is 446 g/mol. The molecule has 1 aliphatic rings. The Kier molecular flexibility index (Phi) is 7.87. The molecule has 146 valence electrons. The van der Waals surface area contributed by atoms with Gasteiger partial charge in [0.25, 0.3) is 0 Å². The normalized spacial score (nSPS) is 16.4. The molecule has 0 atom stereocenters. The number of anilines is 1. The minimum Gasteiger partial charge on any atom is -0.354 e. The molecule has 1 amide bonds. The van der Waals surface area contributed by atoms with Gasteiger partial charge in [-0.2, -0.15) is 0 Å². The van der Waals surface area contributed by atoms with Crippen LogP contribution < -0.4 is 9.62 Å². The molecule has 0 aromatic heterocycles. The number of sulfonamides is 1. The van der Waals surface area contributed by atoms with E-state index >= 15 is 0 Å². The maximum Gasteiger partial charge on any atom is 0.240 e. The summed E-state index contributed by atoms with van der Waals surface area (Å²) in [5, 5.41) is 2.82. The molecule has 0 saturated carbocycles. The van der Waals surface area contributed by atoms with Crippen molar-refractivity contribution < 1.29 is 13.2 Å². The lowest BCUT2D eigenvalue weighted by Gasteiger charge is -2.32. The Balaban J connectivity index is 1.80. The van der Waals surface area contributed by atoms with Gasteiger partial charge in [-0.15, -0.1) is 0 Å². The summed E-state index contributed by atoms with van der Waals surface area (Å²) in [6.45, 7) is 5.51. The third-order valence-electron chi connectivity index (χ3n) is 4.35. The van der Waals surface area contributed by atoms with E-state index in [0.29, 0.717) is 12.2 Å². The van der Waals surface area contributed by atoms with Gasteiger partial charge in [0.05, 0.1) is 11.9 Å². The highest BCUT2D eigenvalue weighted by molar-refractivity contribution is 9.10. The highest BCUT2D eigenvalue weighted by Gasteiger charge is 2.21. The van der Waals surface area contributed by atoms with E-state index < -0.39 is 10.0 Å². The van der Waals surface area contributed by atoms with E-state index in [2.05, 4.69) is 38.1 Å². The van der Waals surface area contributed by atoms with Gasteiger partial charge in [-0.05, 0) is 38.2 Å². The molecule has 9 heteroatoms. The van der Waals surface area contributed by atoms with Crippen LogP contribution in [0.25, 0.3) is 0 Å². The summed E-state index contributed by atoms with van der Waals surface area (Å²) in [6, 6.07) is 6.90. The summed E-state index contributed by atoms with van der Waals surface area (Å²) in [4.78, 5) is 16.9. The predicted molar refractivity (Wildman–Crippen MR) is 108 cm³/mol. The lowest BCUT2D eigenvalue weighted by Crippen LogP contribution is -2.45. The first-order valence-electron chi connectivity index (χ1n) is 8.66. The van der Waals surface area contributed by atoms with Crippen LogP contribution in [0.15, 0.2) is 28.7 Å². The van der Waals surface area contributed by atoms with Crippen molar-refractivity contribution in [3.63, 3.8) is 0 Å². The number of nitrogens with one attached hydrogen (secondary N) is 1. The lowest BCUT2D eigenvalue weighted by atomic mass is 10.3. The zero-order valence-corrected chi connectivity index (χ0v) is 17.7. The Morgan fingerprint density at radius 2 is 1.96 bits per heavy atom. The zero-order valence-electron chi connectivity index (χ0n) is 15.3. The van der Waals surface area contributed by atoms with E-state index in [0.717, 1.165) is 54.2 Å². The first-order chi connectivity index (χ1) is 12.3. The van der Waals surface area contributed by atoms with Crippen molar-refractivity contribution in [3.05, 3.63) is 28.7 Å². The fourth-order valence-electron chi connectivity index (χ4n) is 2.82. The molecule has 1 heterocycles. The number of nitrogens with zero attached hydrogens (tertiary/aromatic N) is 3. The Bertz CT molecular complexity index is 706. The second-order valence-electron chi connectivity index (χ2n) is 6.60. The number of benzene rings is 1. The number of hydrogen-bond donors (Lipinski definition) is 1. The third-order valence-corrected chi connectivity index (χ3v) is 5.99. The molecule has 0 aliphatic carbocycles. The van der Waals surface area contributed by atoms with Crippen LogP contribution >= 0.6 is 15.9 Å². The van der Waals surface area contributed by atoms with Crippen LogP contribution in [-0.4, -0.2) is 83.2 Å². The molecule has 1 aliphatic heterocycles. The highest BCUT2D eigenvalue weighted by Crippen LogP contribution is 2.21. The standard InChI is InChI=1S/C17H27BrN4O3S/c1-20-9-11-21(12-10-20)8-4-7-19-17(23)14-22(26(2,24)25)16-6-3-5-15(18)13-16/h3,5-6,13H,4,7-12,14H2,1-2H3,(H,19,23). The minimum absolute atomic E-state index is 0.218. The van der Waals surface area contributed by atoms with Crippen LogP contribution in [0.4, 0.5) is 5.69 Å². The second kappa shape index (κ2) is 9.68. The van der Waals surface area contributed by atoms with Gasteiger partial charge in [0, 0.05) is 37.2 Å². The van der Waals surface area contributed by atoms with Crippen LogP contribution in [0.3, 0.4) is 0 Å². The Morgan fingerprint density at radius 3 is 2.58 bits per heavy atom. The van der Waals surface area contributed by atoms with E-state index in [9.17, 15) is 13.2 Å². The second-order valence-corrected chi connectivity index (χ2v) is 9.42. The zero-order chi connectivity index (χ0) is 19.2. The van der Waals surface area contributed by atoms with Gasteiger partial charge in [-0.25, -0.2) is 8.42 Å². The van der Waals surface area contributed by atoms with Crippen molar-refractivity contribution in [3.8, 4) is 0 Å². The molecule has 1 aromatic carbocycles. The van der Waals surface area contributed by atoms with Gasteiger partial charge in [0.1, 0.15) is 6.54 Å². The van der Waals surface area contributed by atoms with Crippen molar-refractivity contribution in [2.75, 3.05) is 63.4 Å². The molecule has 2 rings (SSSR count). The fraction of sp³-hybridized carbons (Fsp3) is 0.588. The van der Waals surface area contributed by atoms with Crippen molar-refractivity contribution in [1.29, 1.82) is 0 Å². The molecule has 0 unspecified atom stereocenters. The molecular weight excluding hydrogens is 420 g/mol. The van der Waals surface area contributed by atoms with Gasteiger partial charge >= 0.3 is 0 Å². The Labute approximate surface area is 164 Å². The Hall–Kier alpha value is -1.16. The average Bonchev–Trinajstić information content (AvgIpc) is 2.57. The number of carbonyl (C=O) groups is 1. The molecule has 0 spiro atoms. The Morgan fingerprint density at radius 1 is 1.27 bits per heavy atom. The van der Waals surface area contributed by atoms with Crippen LogP contribution in [-0.2, 0) is 14.8 Å². The van der Waals surface area contributed by atoms with E-state index in [1.807, 2.05) is 6.07 Å². The molecule has 7 nitrogen and oxygen atoms in total. The summed E-state index contributed by atoms with van der Waals surface area (Å²) in [5.74, 6) is -0.297.